The number of amides is 1. The molecule has 0 saturated carbocycles. The number of nitrogens with zero attached hydrogens (tertiary/aromatic N) is 3. The molecule has 0 aromatic heterocycles. The first-order valence-electron chi connectivity index (χ1n) is 9.75. The van der Waals surface area contributed by atoms with Crippen molar-refractivity contribution in [2.45, 2.75) is 32.4 Å². The van der Waals surface area contributed by atoms with E-state index in [1.165, 1.54) is 25.0 Å². The number of piperazine rings is 1. The van der Waals surface area contributed by atoms with Crippen LogP contribution < -0.4 is 4.90 Å². The van der Waals surface area contributed by atoms with E-state index in [9.17, 15) is 18.0 Å². The van der Waals surface area contributed by atoms with Crippen LogP contribution in [0.1, 0.15) is 31.7 Å². The van der Waals surface area contributed by atoms with Crippen LogP contribution in [0.3, 0.4) is 0 Å². The van der Waals surface area contributed by atoms with E-state index in [-0.39, 0.29) is 5.91 Å². The first-order valence-corrected chi connectivity index (χ1v) is 9.75. The van der Waals surface area contributed by atoms with Crippen LogP contribution in [0.2, 0.25) is 0 Å². The molecule has 7 heteroatoms. The summed E-state index contributed by atoms with van der Waals surface area (Å²) in [5.41, 5.74) is -0.0616. The molecule has 27 heavy (non-hydrogen) atoms. The average molecular weight is 383 g/mol. The molecule has 0 unspecified atom stereocenters. The Balaban J connectivity index is 1.48. The second-order valence-corrected chi connectivity index (χ2v) is 7.71. The van der Waals surface area contributed by atoms with Gasteiger partial charge in [-0.3, -0.25) is 4.79 Å². The molecule has 0 bridgehead atoms. The quantitative estimate of drug-likeness (QED) is 0.797. The van der Waals surface area contributed by atoms with Gasteiger partial charge < -0.3 is 14.7 Å². The third-order valence-corrected chi connectivity index (χ3v) is 5.55. The van der Waals surface area contributed by atoms with E-state index in [4.69, 9.17) is 0 Å². The number of hydrogen-bond donors (Lipinski definition) is 0. The Hall–Kier alpha value is -1.76. The first-order chi connectivity index (χ1) is 12.8. The predicted octanol–water partition coefficient (Wildman–Crippen LogP) is 3.48. The largest absolute Gasteiger partial charge is 0.416 e. The molecule has 0 radical (unpaired) electrons. The van der Waals surface area contributed by atoms with Crippen LogP contribution in [0.5, 0.6) is 0 Å². The van der Waals surface area contributed by atoms with Crippen LogP contribution in [-0.4, -0.2) is 61.5 Å². The molecular formula is C20H28F3N3O. The summed E-state index contributed by atoms with van der Waals surface area (Å²) < 4.78 is 38.7. The molecule has 0 aliphatic carbocycles. The Morgan fingerprint density at radius 3 is 2.56 bits per heavy atom. The molecule has 3 rings (SSSR count). The van der Waals surface area contributed by atoms with Crippen LogP contribution in [0.25, 0.3) is 0 Å². The lowest BCUT2D eigenvalue weighted by molar-refractivity contribution is -0.137. The van der Waals surface area contributed by atoms with Crippen molar-refractivity contribution in [3.05, 3.63) is 29.8 Å². The summed E-state index contributed by atoms with van der Waals surface area (Å²) in [5, 5.41) is 0. The highest BCUT2D eigenvalue weighted by molar-refractivity contribution is 5.76. The molecule has 1 aromatic carbocycles. The standard InChI is InChI=1S/C20H28F3N3O/c1-16-4-3-8-24(15-16)9-7-19(27)26-12-10-25(11-13-26)18-6-2-5-17(14-18)20(21,22)23/h2,5-6,14,16H,3-4,7-13,15H2,1H3/t16-/m0/s1. The van der Waals surface area contributed by atoms with Gasteiger partial charge in [0.2, 0.25) is 5.91 Å². The number of carbonyl (C=O) groups is 1. The predicted molar refractivity (Wildman–Crippen MR) is 99.7 cm³/mol. The fourth-order valence-electron chi connectivity index (χ4n) is 3.99. The van der Waals surface area contributed by atoms with Gasteiger partial charge >= 0.3 is 6.18 Å². The number of likely N-dealkylation sites (tertiary alicyclic amines) is 1. The zero-order valence-corrected chi connectivity index (χ0v) is 15.8. The van der Waals surface area contributed by atoms with Gasteiger partial charge in [-0.05, 0) is 43.5 Å². The first kappa shape index (κ1) is 20.0. The Morgan fingerprint density at radius 2 is 1.89 bits per heavy atom. The molecule has 2 aliphatic heterocycles. The topological polar surface area (TPSA) is 26.8 Å². The van der Waals surface area contributed by atoms with Crippen LogP contribution >= 0.6 is 0 Å². The molecule has 4 nitrogen and oxygen atoms in total. The van der Waals surface area contributed by atoms with E-state index < -0.39 is 11.7 Å². The molecule has 0 spiro atoms. The average Bonchev–Trinajstić information content (AvgIpc) is 2.66. The van der Waals surface area contributed by atoms with Gasteiger partial charge in [-0.25, -0.2) is 0 Å². The number of carbonyl (C=O) groups excluding carboxylic acids is 1. The normalized spacial score (nSPS) is 22.1. The molecule has 2 fully saturated rings. The maximum absolute atomic E-state index is 12.9. The van der Waals surface area contributed by atoms with Crippen molar-refractivity contribution in [1.29, 1.82) is 0 Å². The molecule has 2 heterocycles. The third kappa shape index (κ3) is 5.37. The Morgan fingerprint density at radius 1 is 1.15 bits per heavy atom. The van der Waals surface area contributed by atoms with Crippen LogP contribution in [0.15, 0.2) is 24.3 Å². The minimum Gasteiger partial charge on any atom is -0.368 e. The van der Waals surface area contributed by atoms with Gasteiger partial charge in [0.05, 0.1) is 5.56 Å². The van der Waals surface area contributed by atoms with E-state index in [1.54, 1.807) is 6.07 Å². The van der Waals surface area contributed by atoms with Gasteiger partial charge in [0, 0.05) is 51.4 Å². The van der Waals surface area contributed by atoms with E-state index in [1.807, 2.05) is 9.80 Å². The number of halogens is 3. The van der Waals surface area contributed by atoms with Crippen molar-refractivity contribution >= 4 is 11.6 Å². The van der Waals surface area contributed by atoms with Crippen LogP contribution in [-0.2, 0) is 11.0 Å². The fraction of sp³-hybridized carbons (Fsp3) is 0.650. The highest BCUT2D eigenvalue weighted by Gasteiger charge is 2.31. The monoisotopic (exact) mass is 383 g/mol. The van der Waals surface area contributed by atoms with E-state index in [0.717, 1.165) is 25.7 Å². The van der Waals surface area contributed by atoms with Crippen molar-refractivity contribution < 1.29 is 18.0 Å². The summed E-state index contributed by atoms with van der Waals surface area (Å²) in [5.74, 6) is 0.849. The van der Waals surface area contributed by atoms with Crippen molar-refractivity contribution in [2.24, 2.45) is 5.92 Å². The number of alkyl halides is 3. The minimum atomic E-state index is -4.33. The second-order valence-electron chi connectivity index (χ2n) is 7.71. The Labute approximate surface area is 158 Å². The third-order valence-electron chi connectivity index (χ3n) is 5.55. The summed E-state index contributed by atoms with van der Waals surface area (Å²) in [6.07, 6.45) is -1.34. The van der Waals surface area contributed by atoms with Gasteiger partial charge in [0.1, 0.15) is 0 Å². The number of anilines is 1. The summed E-state index contributed by atoms with van der Waals surface area (Å²) in [4.78, 5) is 18.6. The van der Waals surface area contributed by atoms with E-state index >= 15 is 0 Å². The van der Waals surface area contributed by atoms with Crippen molar-refractivity contribution in [1.82, 2.24) is 9.80 Å². The number of hydrogen-bond acceptors (Lipinski definition) is 3. The molecule has 1 aromatic rings. The number of rotatable bonds is 4. The SMILES string of the molecule is C[C@H]1CCCN(CCC(=O)N2CCN(c3cccc(C(F)(F)F)c3)CC2)C1. The Kier molecular flexibility index (Phi) is 6.29. The lowest BCUT2D eigenvalue weighted by atomic mass is 10.0. The minimum absolute atomic E-state index is 0.150. The van der Waals surface area contributed by atoms with Gasteiger partial charge in [-0.1, -0.05) is 13.0 Å². The molecule has 150 valence electrons. The zero-order valence-electron chi connectivity index (χ0n) is 15.8. The highest BCUT2D eigenvalue weighted by Crippen LogP contribution is 2.31. The zero-order chi connectivity index (χ0) is 19.4. The van der Waals surface area contributed by atoms with E-state index in [0.29, 0.717) is 44.2 Å². The van der Waals surface area contributed by atoms with Gasteiger partial charge in [0.15, 0.2) is 0 Å². The van der Waals surface area contributed by atoms with Gasteiger partial charge in [0.25, 0.3) is 0 Å². The summed E-state index contributed by atoms with van der Waals surface area (Å²) in [6, 6.07) is 5.42. The maximum Gasteiger partial charge on any atom is 0.416 e. The van der Waals surface area contributed by atoms with Crippen molar-refractivity contribution in [2.75, 3.05) is 50.7 Å². The van der Waals surface area contributed by atoms with E-state index in [2.05, 4.69) is 11.8 Å². The summed E-state index contributed by atoms with van der Waals surface area (Å²) in [7, 11) is 0. The van der Waals surface area contributed by atoms with Crippen molar-refractivity contribution in [3.8, 4) is 0 Å². The fourth-order valence-corrected chi connectivity index (χ4v) is 3.99. The van der Waals surface area contributed by atoms with Gasteiger partial charge in [-0.15, -0.1) is 0 Å². The number of benzene rings is 1. The smallest absolute Gasteiger partial charge is 0.368 e. The summed E-state index contributed by atoms with van der Waals surface area (Å²) in [6.45, 7) is 7.44. The summed E-state index contributed by atoms with van der Waals surface area (Å²) >= 11 is 0. The van der Waals surface area contributed by atoms with Crippen LogP contribution in [0, 0.1) is 5.92 Å². The molecule has 1 amide bonds. The lowest BCUT2D eigenvalue weighted by Gasteiger charge is -2.37. The maximum atomic E-state index is 12.9. The van der Waals surface area contributed by atoms with Crippen molar-refractivity contribution in [3.63, 3.8) is 0 Å². The van der Waals surface area contributed by atoms with Gasteiger partial charge in [-0.2, -0.15) is 13.2 Å². The Bertz CT molecular complexity index is 642. The second kappa shape index (κ2) is 8.50. The molecule has 0 N–H and O–H groups in total. The lowest BCUT2D eigenvalue weighted by Crippen LogP contribution is -2.49. The molecular weight excluding hydrogens is 355 g/mol. The molecule has 1 atom stereocenters. The highest BCUT2D eigenvalue weighted by atomic mass is 19.4. The number of piperidine rings is 1. The molecule has 2 aliphatic rings. The van der Waals surface area contributed by atoms with Crippen LogP contribution in [0.4, 0.5) is 18.9 Å². The molecule has 2 saturated heterocycles.